The third kappa shape index (κ3) is 1.51. The second-order valence-electron chi connectivity index (χ2n) is 2.95. The molecule has 70 valence electrons. The standard InChI is InChI=1S/C8H10N2O2S/c11-13(12)6-2-5-10(13)8-3-1-4-9-7-8/h1,3-4,7H,2,5-6H2. The van der Waals surface area contributed by atoms with E-state index in [2.05, 4.69) is 4.98 Å². The maximum Gasteiger partial charge on any atom is 0.235 e. The van der Waals surface area contributed by atoms with Crippen LogP contribution in [-0.4, -0.2) is 25.7 Å². The van der Waals surface area contributed by atoms with E-state index in [0.29, 0.717) is 18.7 Å². The number of aromatic nitrogens is 1. The summed E-state index contributed by atoms with van der Waals surface area (Å²) in [4.78, 5) is 3.89. The number of anilines is 1. The minimum Gasteiger partial charge on any atom is -0.269 e. The van der Waals surface area contributed by atoms with E-state index >= 15 is 0 Å². The van der Waals surface area contributed by atoms with E-state index in [1.165, 1.54) is 4.31 Å². The van der Waals surface area contributed by atoms with Crippen molar-refractivity contribution in [2.45, 2.75) is 6.42 Å². The molecule has 0 unspecified atom stereocenters. The van der Waals surface area contributed by atoms with E-state index < -0.39 is 10.0 Å². The van der Waals surface area contributed by atoms with Gasteiger partial charge < -0.3 is 0 Å². The van der Waals surface area contributed by atoms with Gasteiger partial charge in [-0.05, 0) is 18.6 Å². The summed E-state index contributed by atoms with van der Waals surface area (Å²) < 4.78 is 24.3. The van der Waals surface area contributed by atoms with Crippen molar-refractivity contribution < 1.29 is 8.42 Å². The molecule has 2 heterocycles. The van der Waals surface area contributed by atoms with Gasteiger partial charge in [-0.1, -0.05) is 0 Å². The molecule has 1 aliphatic rings. The van der Waals surface area contributed by atoms with Gasteiger partial charge in [0, 0.05) is 12.7 Å². The lowest BCUT2D eigenvalue weighted by atomic mass is 10.4. The van der Waals surface area contributed by atoms with Crippen molar-refractivity contribution >= 4 is 15.7 Å². The second kappa shape index (κ2) is 2.99. The molecule has 1 fully saturated rings. The molecule has 1 aromatic rings. The zero-order chi connectivity index (χ0) is 9.31. The number of hydrogen-bond acceptors (Lipinski definition) is 3. The van der Waals surface area contributed by atoms with Crippen molar-refractivity contribution in [3.63, 3.8) is 0 Å². The van der Waals surface area contributed by atoms with Crippen molar-refractivity contribution in [2.24, 2.45) is 0 Å². The third-order valence-corrected chi connectivity index (χ3v) is 3.90. The van der Waals surface area contributed by atoms with E-state index in [1.54, 1.807) is 24.5 Å². The Labute approximate surface area is 77.3 Å². The quantitative estimate of drug-likeness (QED) is 0.664. The first-order valence-corrected chi connectivity index (χ1v) is 5.71. The third-order valence-electron chi connectivity index (χ3n) is 2.03. The molecule has 5 heteroatoms. The van der Waals surface area contributed by atoms with Crippen molar-refractivity contribution in [1.82, 2.24) is 4.98 Å². The predicted molar refractivity (Wildman–Crippen MR) is 50.0 cm³/mol. The average Bonchev–Trinajstić information content (AvgIpc) is 2.47. The first kappa shape index (κ1) is 8.50. The van der Waals surface area contributed by atoms with Crippen LogP contribution in [0.3, 0.4) is 0 Å². The van der Waals surface area contributed by atoms with Crippen LogP contribution in [0.4, 0.5) is 5.69 Å². The van der Waals surface area contributed by atoms with Crippen molar-refractivity contribution in [2.75, 3.05) is 16.6 Å². The maximum absolute atomic E-state index is 11.5. The molecule has 13 heavy (non-hydrogen) atoms. The number of hydrogen-bond donors (Lipinski definition) is 0. The largest absolute Gasteiger partial charge is 0.269 e. The van der Waals surface area contributed by atoms with Gasteiger partial charge in [-0.25, -0.2) is 8.42 Å². The van der Waals surface area contributed by atoms with Gasteiger partial charge >= 0.3 is 0 Å². The number of sulfonamides is 1. The van der Waals surface area contributed by atoms with Crippen LogP contribution < -0.4 is 4.31 Å². The highest BCUT2D eigenvalue weighted by Gasteiger charge is 2.28. The van der Waals surface area contributed by atoms with Gasteiger partial charge in [0.05, 0.1) is 17.6 Å². The summed E-state index contributed by atoms with van der Waals surface area (Å²) in [7, 11) is -3.05. The van der Waals surface area contributed by atoms with Crippen LogP contribution >= 0.6 is 0 Å². The average molecular weight is 198 g/mol. The summed E-state index contributed by atoms with van der Waals surface area (Å²) in [5.74, 6) is 0.252. The van der Waals surface area contributed by atoms with Crippen LogP contribution in [0, 0.1) is 0 Å². The predicted octanol–water partition coefficient (Wildman–Crippen LogP) is 0.622. The lowest BCUT2D eigenvalue weighted by Crippen LogP contribution is -2.24. The van der Waals surface area contributed by atoms with Crippen LogP contribution in [0.5, 0.6) is 0 Å². The van der Waals surface area contributed by atoms with Gasteiger partial charge in [-0.15, -0.1) is 0 Å². The molecule has 4 nitrogen and oxygen atoms in total. The normalized spacial score (nSPS) is 20.5. The van der Waals surface area contributed by atoms with E-state index in [1.807, 2.05) is 0 Å². The van der Waals surface area contributed by atoms with Gasteiger partial charge in [0.1, 0.15) is 0 Å². The summed E-state index contributed by atoms with van der Waals surface area (Å²) in [6, 6.07) is 3.50. The molecule has 0 aromatic carbocycles. The summed E-state index contributed by atoms with van der Waals surface area (Å²) in [6.07, 6.45) is 3.91. The molecular formula is C8H10N2O2S. The van der Waals surface area contributed by atoms with Crippen LogP contribution in [0.1, 0.15) is 6.42 Å². The Kier molecular flexibility index (Phi) is 1.95. The van der Waals surface area contributed by atoms with Gasteiger partial charge in [-0.2, -0.15) is 0 Å². The molecule has 1 aliphatic heterocycles. The number of rotatable bonds is 1. The minimum absolute atomic E-state index is 0.252. The van der Waals surface area contributed by atoms with Crippen molar-refractivity contribution in [3.8, 4) is 0 Å². The van der Waals surface area contributed by atoms with E-state index in [4.69, 9.17) is 0 Å². The highest BCUT2D eigenvalue weighted by molar-refractivity contribution is 7.93. The molecule has 0 spiro atoms. The first-order valence-electron chi connectivity index (χ1n) is 4.10. The topological polar surface area (TPSA) is 50.3 Å². The molecule has 0 radical (unpaired) electrons. The van der Waals surface area contributed by atoms with Crippen molar-refractivity contribution in [3.05, 3.63) is 24.5 Å². The summed E-state index contributed by atoms with van der Waals surface area (Å²) in [5.41, 5.74) is 0.667. The Hall–Kier alpha value is -1.10. The Morgan fingerprint density at radius 2 is 2.31 bits per heavy atom. The highest BCUT2D eigenvalue weighted by atomic mass is 32.2. The van der Waals surface area contributed by atoms with Crippen LogP contribution in [0.25, 0.3) is 0 Å². The van der Waals surface area contributed by atoms with E-state index in [0.717, 1.165) is 0 Å². The number of nitrogens with zero attached hydrogens (tertiary/aromatic N) is 2. The lowest BCUT2D eigenvalue weighted by Gasteiger charge is -2.15. The van der Waals surface area contributed by atoms with Crippen LogP contribution in [0.2, 0.25) is 0 Å². The van der Waals surface area contributed by atoms with E-state index in [9.17, 15) is 8.42 Å². The Morgan fingerprint density at radius 1 is 1.46 bits per heavy atom. The summed E-state index contributed by atoms with van der Waals surface area (Å²) in [6.45, 7) is 0.577. The monoisotopic (exact) mass is 198 g/mol. The molecule has 0 bridgehead atoms. The fraction of sp³-hybridized carbons (Fsp3) is 0.375. The molecule has 0 N–H and O–H groups in total. The molecule has 0 aliphatic carbocycles. The smallest absolute Gasteiger partial charge is 0.235 e. The summed E-state index contributed by atoms with van der Waals surface area (Å²) in [5, 5.41) is 0. The molecule has 2 rings (SSSR count). The molecular weight excluding hydrogens is 188 g/mol. The molecule has 1 saturated heterocycles. The van der Waals surface area contributed by atoms with Crippen molar-refractivity contribution in [1.29, 1.82) is 0 Å². The van der Waals surface area contributed by atoms with Gasteiger partial charge in [0.25, 0.3) is 0 Å². The van der Waals surface area contributed by atoms with Crippen LogP contribution in [-0.2, 0) is 10.0 Å². The van der Waals surface area contributed by atoms with E-state index in [-0.39, 0.29) is 5.75 Å². The van der Waals surface area contributed by atoms with Gasteiger partial charge in [-0.3, -0.25) is 9.29 Å². The maximum atomic E-state index is 11.5. The lowest BCUT2D eigenvalue weighted by molar-refractivity contribution is 0.599. The zero-order valence-electron chi connectivity index (χ0n) is 7.05. The fourth-order valence-corrected chi connectivity index (χ4v) is 2.98. The molecule has 0 saturated carbocycles. The SMILES string of the molecule is O=S1(=O)CCCN1c1cccnc1. The highest BCUT2D eigenvalue weighted by Crippen LogP contribution is 2.22. The second-order valence-corrected chi connectivity index (χ2v) is 4.97. The molecule has 1 aromatic heterocycles. The minimum atomic E-state index is -3.05. The zero-order valence-corrected chi connectivity index (χ0v) is 7.87. The molecule has 0 amide bonds. The van der Waals surface area contributed by atoms with Gasteiger partial charge in [0.2, 0.25) is 10.0 Å². The fourth-order valence-electron chi connectivity index (χ4n) is 1.43. The summed E-state index contributed by atoms with van der Waals surface area (Å²) >= 11 is 0. The Balaban J connectivity index is 2.38. The van der Waals surface area contributed by atoms with Gasteiger partial charge in [0.15, 0.2) is 0 Å². The Morgan fingerprint density at radius 3 is 2.85 bits per heavy atom. The Bertz CT molecular complexity index is 388. The molecule has 0 atom stereocenters. The number of pyridine rings is 1. The first-order chi connectivity index (χ1) is 6.20. The van der Waals surface area contributed by atoms with Crippen LogP contribution in [0.15, 0.2) is 24.5 Å².